The molecule has 0 saturated heterocycles. The Morgan fingerprint density at radius 2 is 1.95 bits per heavy atom. The van der Waals surface area contributed by atoms with Crippen LogP contribution < -0.4 is 0 Å². The van der Waals surface area contributed by atoms with Crippen LogP contribution in [0.25, 0.3) is 0 Å². The van der Waals surface area contributed by atoms with Gasteiger partial charge in [0.2, 0.25) is 0 Å². The molecule has 124 valence electrons. The maximum absolute atomic E-state index is 11.7. The van der Waals surface area contributed by atoms with Crippen LogP contribution in [-0.4, -0.2) is 33.8 Å². The number of unbranched alkanes of at least 4 members (excludes halogenated alkanes) is 1. The number of carbonyl (C=O) groups is 1. The molecule has 0 fully saturated rings. The van der Waals surface area contributed by atoms with Gasteiger partial charge in [0.25, 0.3) is 0 Å². The van der Waals surface area contributed by atoms with Gasteiger partial charge in [-0.05, 0) is 19.8 Å². The fraction of sp³-hybridized carbons (Fsp3) is 0.667. The number of hydrogen-bond donors (Lipinski definition) is 0. The van der Waals surface area contributed by atoms with E-state index in [2.05, 4.69) is 30.6 Å². The first kappa shape index (κ1) is 19.5. The molecule has 0 bridgehead atoms. The van der Waals surface area contributed by atoms with Gasteiger partial charge in [-0.25, -0.2) is 4.79 Å². The Hall–Kier alpha value is -0.530. The highest BCUT2D eigenvalue weighted by atomic mass is 32.2. The summed E-state index contributed by atoms with van der Waals surface area (Å²) in [5.41, 5.74) is 0.445. The Balaban J connectivity index is 2.49. The highest BCUT2D eigenvalue weighted by molar-refractivity contribution is 8.03. The molecule has 1 unspecified atom stereocenters. The lowest BCUT2D eigenvalue weighted by Gasteiger charge is -2.16. The Kier molecular flexibility index (Phi) is 9.82. The van der Waals surface area contributed by atoms with Crippen LogP contribution in [0.15, 0.2) is 20.8 Å². The molecule has 0 aliphatic carbocycles. The summed E-state index contributed by atoms with van der Waals surface area (Å²) in [5.74, 6) is 1.47. The second-order valence-corrected chi connectivity index (χ2v) is 8.53. The minimum atomic E-state index is -0.307. The third-order valence-corrected chi connectivity index (χ3v) is 6.24. The van der Waals surface area contributed by atoms with E-state index in [-0.39, 0.29) is 12.1 Å². The van der Waals surface area contributed by atoms with Crippen LogP contribution >= 0.6 is 34.9 Å². The van der Waals surface area contributed by atoms with Gasteiger partial charge in [0, 0.05) is 17.1 Å². The molecule has 22 heavy (non-hydrogen) atoms. The molecule has 0 N–H and O–H groups in total. The standard InChI is InChI=1S/C15H24N2O2S3/c1-5-7-8-12(19-13(18)11(3)4)10-21-15-17-16-14(22-15)20-9-6-2/h12H,3,5-10H2,1-2,4H3. The fourth-order valence-electron chi connectivity index (χ4n) is 1.53. The molecule has 0 aromatic carbocycles. The van der Waals surface area contributed by atoms with Crippen molar-refractivity contribution >= 4 is 40.8 Å². The van der Waals surface area contributed by atoms with Gasteiger partial charge in [0.05, 0.1) is 0 Å². The SMILES string of the molecule is C=C(C)C(=O)OC(CCCC)CSc1nnc(SCCC)s1. The minimum Gasteiger partial charge on any atom is -0.458 e. The molecule has 1 heterocycles. The second kappa shape index (κ2) is 11.1. The predicted molar refractivity (Wildman–Crippen MR) is 95.9 cm³/mol. The van der Waals surface area contributed by atoms with E-state index < -0.39 is 0 Å². The van der Waals surface area contributed by atoms with E-state index in [1.165, 1.54) is 0 Å². The van der Waals surface area contributed by atoms with Gasteiger partial charge in [-0.15, -0.1) is 10.2 Å². The summed E-state index contributed by atoms with van der Waals surface area (Å²) in [7, 11) is 0. The fourth-order valence-corrected chi connectivity index (χ4v) is 4.54. The number of hydrogen-bond acceptors (Lipinski definition) is 7. The topological polar surface area (TPSA) is 52.1 Å². The van der Waals surface area contributed by atoms with Crippen molar-refractivity contribution in [3.8, 4) is 0 Å². The lowest BCUT2D eigenvalue weighted by molar-refractivity contribution is -0.143. The Morgan fingerprint density at radius 1 is 1.27 bits per heavy atom. The van der Waals surface area contributed by atoms with Crippen molar-refractivity contribution in [1.29, 1.82) is 0 Å². The Morgan fingerprint density at radius 3 is 2.55 bits per heavy atom. The zero-order valence-electron chi connectivity index (χ0n) is 13.5. The van der Waals surface area contributed by atoms with Gasteiger partial charge in [0.15, 0.2) is 8.68 Å². The van der Waals surface area contributed by atoms with E-state index in [4.69, 9.17) is 4.74 Å². The van der Waals surface area contributed by atoms with Crippen molar-refractivity contribution in [1.82, 2.24) is 10.2 Å². The highest BCUT2D eigenvalue weighted by Crippen LogP contribution is 2.30. The van der Waals surface area contributed by atoms with E-state index in [1.54, 1.807) is 41.8 Å². The lowest BCUT2D eigenvalue weighted by Crippen LogP contribution is -2.21. The number of thioether (sulfide) groups is 2. The number of aromatic nitrogens is 2. The summed E-state index contributed by atoms with van der Waals surface area (Å²) in [4.78, 5) is 11.7. The number of nitrogens with zero attached hydrogens (tertiary/aromatic N) is 2. The Bertz CT molecular complexity index is 477. The van der Waals surface area contributed by atoms with Gasteiger partial charge in [0.1, 0.15) is 6.10 Å². The molecule has 1 aromatic rings. The first-order valence-electron chi connectivity index (χ1n) is 7.52. The average molecular weight is 361 g/mol. The van der Waals surface area contributed by atoms with Crippen molar-refractivity contribution < 1.29 is 9.53 Å². The summed E-state index contributed by atoms with van der Waals surface area (Å²) in [6.45, 7) is 9.59. The normalized spacial score (nSPS) is 12.1. The van der Waals surface area contributed by atoms with E-state index >= 15 is 0 Å². The van der Waals surface area contributed by atoms with Crippen LogP contribution in [0.2, 0.25) is 0 Å². The number of carbonyl (C=O) groups excluding carboxylic acids is 1. The van der Waals surface area contributed by atoms with Gasteiger partial charge < -0.3 is 4.74 Å². The largest absolute Gasteiger partial charge is 0.458 e. The van der Waals surface area contributed by atoms with Gasteiger partial charge in [-0.2, -0.15) is 0 Å². The third-order valence-electron chi connectivity index (χ3n) is 2.71. The smallest absolute Gasteiger partial charge is 0.333 e. The van der Waals surface area contributed by atoms with Gasteiger partial charge >= 0.3 is 5.97 Å². The molecular weight excluding hydrogens is 336 g/mol. The molecule has 0 aliphatic heterocycles. The second-order valence-electron chi connectivity index (χ2n) is 4.94. The third kappa shape index (κ3) is 7.65. The van der Waals surface area contributed by atoms with Crippen LogP contribution in [0.3, 0.4) is 0 Å². The first-order chi connectivity index (χ1) is 10.6. The molecule has 1 rings (SSSR count). The predicted octanol–water partition coefficient (Wildman–Crippen LogP) is 4.81. The van der Waals surface area contributed by atoms with E-state index in [0.717, 1.165) is 40.1 Å². The number of esters is 1. The van der Waals surface area contributed by atoms with Crippen molar-refractivity contribution in [2.75, 3.05) is 11.5 Å². The van der Waals surface area contributed by atoms with Crippen LogP contribution in [-0.2, 0) is 9.53 Å². The molecule has 0 spiro atoms. The Labute approximate surface area is 145 Å². The zero-order valence-corrected chi connectivity index (χ0v) is 15.9. The molecule has 0 aliphatic rings. The molecule has 0 saturated carbocycles. The van der Waals surface area contributed by atoms with Crippen molar-refractivity contribution in [2.24, 2.45) is 0 Å². The van der Waals surface area contributed by atoms with Crippen molar-refractivity contribution in [2.45, 2.75) is 61.2 Å². The monoisotopic (exact) mass is 360 g/mol. The lowest BCUT2D eigenvalue weighted by atomic mass is 10.2. The average Bonchev–Trinajstić information content (AvgIpc) is 2.95. The molecule has 4 nitrogen and oxygen atoms in total. The number of ether oxygens (including phenoxy) is 1. The molecule has 0 amide bonds. The van der Waals surface area contributed by atoms with Crippen LogP contribution in [0.1, 0.15) is 46.5 Å². The summed E-state index contributed by atoms with van der Waals surface area (Å²) in [6.07, 6.45) is 4.04. The van der Waals surface area contributed by atoms with Crippen molar-refractivity contribution in [3.05, 3.63) is 12.2 Å². The minimum absolute atomic E-state index is 0.0928. The zero-order chi connectivity index (χ0) is 16.4. The maximum Gasteiger partial charge on any atom is 0.333 e. The van der Waals surface area contributed by atoms with E-state index in [0.29, 0.717) is 11.3 Å². The molecule has 1 aromatic heterocycles. The molecular formula is C15H24N2O2S3. The van der Waals surface area contributed by atoms with Crippen molar-refractivity contribution in [3.63, 3.8) is 0 Å². The first-order valence-corrected chi connectivity index (χ1v) is 10.3. The summed E-state index contributed by atoms with van der Waals surface area (Å²) in [6, 6.07) is 0. The summed E-state index contributed by atoms with van der Waals surface area (Å²) >= 11 is 4.96. The van der Waals surface area contributed by atoms with Gasteiger partial charge in [-0.1, -0.05) is 68.1 Å². The van der Waals surface area contributed by atoms with E-state index in [1.807, 2.05) is 0 Å². The van der Waals surface area contributed by atoms with Gasteiger partial charge in [-0.3, -0.25) is 0 Å². The summed E-state index contributed by atoms with van der Waals surface area (Å²) in [5, 5.41) is 8.36. The maximum atomic E-state index is 11.7. The number of rotatable bonds is 11. The van der Waals surface area contributed by atoms with Crippen LogP contribution in [0.5, 0.6) is 0 Å². The van der Waals surface area contributed by atoms with Crippen LogP contribution in [0.4, 0.5) is 0 Å². The molecule has 0 radical (unpaired) electrons. The highest BCUT2D eigenvalue weighted by Gasteiger charge is 2.16. The van der Waals surface area contributed by atoms with Crippen LogP contribution in [0, 0.1) is 0 Å². The summed E-state index contributed by atoms with van der Waals surface area (Å²) < 4.78 is 7.44. The molecule has 7 heteroatoms. The van der Waals surface area contributed by atoms with E-state index in [9.17, 15) is 4.79 Å². The quantitative estimate of drug-likeness (QED) is 0.321. The molecule has 1 atom stereocenters.